The number of hydrogen-bond acceptors (Lipinski definition) is 3. The zero-order chi connectivity index (χ0) is 16.8. The van der Waals surface area contributed by atoms with Gasteiger partial charge in [0.05, 0.1) is 12.5 Å². The minimum absolute atomic E-state index is 0.347. The molecule has 1 heterocycles. The summed E-state index contributed by atoms with van der Waals surface area (Å²) in [6, 6.07) is 7.55. The van der Waals surface area contributed by atoms with Crippen LogP contribution in [-0.4, -0.2) is 17.7 Å². The molecule has 1 aliphatic rings. The Morgan fingerprint density at radius 2 is 2.09 bits per heavy atom. The molecular weight excluding hydrogens is 316 g/mol. The zero-order valence-electron chi connectivity index (χ0n) is 13.1. The summed E-state index contributed by atoms with van der Waals surface area (Å²) in [6.45, 7) is 4.13. The smallest absolute Gasteiger partial charge is 0.311 e. The average Bonchev–Trinajstić information content (AvgIpc) is 2.55. The molecule has 1 aromatic rings. The molecule has 1 fully saturated rings. The van der Waals surface area contributed by atoms with Gasteiger partial charge < -0.3 is 14.6 Å². The third-order valence-electron chi connectivity index (χ3n) is 3.57. The zero-order valence-corrected chi connectivity index (χ0v) is 13.8. The van der Waals surface area contributed by atoms with Crippen molar-refractivity contribution in [1.29, 1.82) is 0 Å². The van der Waals surface area contributed by atoms with E-state index in [1.54, 1.807) is 19.1 Å². The lowest BCUT2D eigenvalue weighted by Crippen LogP contribution is -2.25. The summed E-state index contributed by atoms with van der Waals surface area (Å²) < 4.78 is 11.3. The summed E-state index contributed by atoms with van der Waals surface area (Å²) in [6.07, 6.45) is 3.82. The highest BCUT2D eigenvalue weighted by molar-refractivity contribution is 6.25. The van der Waals surface area contributed by atoms with Crippen molar-refractivity contribution in [3.8, 4) is 5.75 Å². The van der Waals surface area contributed by atoms with Gasteiger partial charge in [0.2, 0.25) is 0 Å². The highest BCUT2D eigenvalue weighted by Gasteiger charge is 2.29. The Bertz CT molecular complexity index is 656. The maximum Gasteiger partial charge on any atom is 0.311 e. The fraction of sp³-hybridized carbons (Fsp3) is 0.278. The van der Waals surface area contributed by atoms with Crippen LogP contribution in [0.2, 0.25) is 0 Å². The number of ether oxygens (including phenoxy) is 2. The lowest BCUT2D eigenvalue weighted by atomic mass is 9.91. The first-order valence-electron chi connectivity index (χ1n) is 7.34. The van der Waals surface area contributed by atoms with Crippen molar-refractivity contribution < 1.29 is 19.4 Å². The number of aliphatic carboxylic acids is 1. The SMILES string of the molecule is CC=C1/C(=C\C(=C\Cl)Oc2ccc(C)cc2)OCCC1C(=O)O. The Balaban J connectivity index is 2.22. The molecule has 1 atom stereocenters. The summed E-state index contributed by atoms with van der Waals surface area (Å²) in [5, 5.41) is 9.31. The molecule has 1 saturated heterocycles. The Kier molecular flexibility index (Phi) is 5.88. The molecule has 1 N–H and O–H groups in total. The van der Waals surface area contributed by atoms with Crippen molar-refractivity contribution in [3.63, 3.8) is 0 Å². The second kappa shape index (κ2) is 7.88. The molecule has 0 radical (unpaired) electrons. The number of carboxylic acid groups (broad SMARTS) is 1. The van der Waals surface area contributed by atoms with E-state index in [0.29, 0.717) is 35.9 Å². The van der Waals surface area contributed by atoms with Crippen molar-refractivity contribution in [2.75, 3.05) is 6.61 Å². The number of carbonyl (C=O) groups is 1. The maximum absolute atomic E-state index is 11.4. The van der Waals surface area contributed by atoms with Crippen LogP contribution >= 0.6 is 11.6 Å². The molecule has 1 unspecified atom stereocenters. The summed E-state index contributed by atoms with van der Waals surface area (Å²) in [7, 11) is 0. The standard InChI is InChI=1S/C18H19ClO4/c1-3-15-16(18(20)21)8-9-22-17(15)10-14(11-19)23-13-6-4-12(2)5-7-13/h3-7,10-11,16H,8-9H2,1-2H3,(H,20,21)/b14-11-,15-3?,17-10+. The minimum atomic E-state index is -0.858. The monoisotopic (exact) mass is 334 g/mol. The largest absolute Gasteiger partial charge is 0.493 e. The van der Waals surface area contributed by atoms with Crippen LogP contribution in [0.1, 0.15) is 18.9 Å². The van der Waals surface area contributed by atoms with Gasteiger partial charge >= 0.3 is 5.97 Å². The van der Waals surface area contributed by atoms with Crippen LogP contribution in [0.15, 0.2) is 59.0 Å². The first kappa shape index (κ1) is 17.2. The van der Waals surface area contributed by atoms with Gasteiger partial charge in [0, 0.05) is 17.2 Å². The van der Waals surface area contributed by atoms with Gasteiger partial charge in [-0.25, -0.2) is 0 Å². The van der Waals surface area contributed by atoms with E-state index in [1.165, 1.54) is 5.54 Å². The predicted molar refractivity (Wildman–Crippen MR) is 89.3 cm³/mol. The Morgan fingerprint density at radius 1 is 1.39 bits per heavy atom. The van der Waals surface area contributed by atoms with Gasteiger partial charge in [-0.3, -0.25) is 4.79 Å². The summed E-state index contributed by atoms with van der Waals surface area (Å²) >= 11 is 5.83. The molecule has 122 valence electrons. The van der Waals surface area contributed by atoms with E-state index < -0.39 is 11.9 Å². The normalized spacial score (nSPS) is 22.0. The summed E-state index contributed by atoms with van der Waals surface area (Å²) in [4.78, 5) is 11.4. The number of halogens is 1. The molecule has 5 heteroatoms. The molecule has 2 rings (SSSR count). The van der Waals surface area contributed by atoms with Crippen molar-refractivity contribution in [2.24, 2.45) is 5.92 Å². The summed E-state index contributed by atoms with van der Waals surface area (Å²) in [5.41, 5.74) is 3.06. The highest BCUT2D eigenvalue weighted by atomic mass is 35.5. The van der Waals surface area contributed by atoms with E-state index in [9.17, 15) is 9.90 Å². The van der Waals surface area contributed by atoms with Gasteiger partial charge in [-0.2, -0.15) is 0 Å². The van der Waals surface area contributed by atoms with Gasteiger partial charge in [-0.05, 0) is 32.4 Å². The van der Waals surface area contributed by atoms with Crippen LogP contribution in [0.3, 0.4) is 0 Å². The number of allylic oxidation sites excluding steroid dienone is 3. The van der Waals surface area contributed by atoms with E-state index in [-0.39, 0.29) is 0 Å². The molecule has 1 aliphatic heterocycles. The van der Waals surface area contributed by atoms with Gasteiger partial charge in [-0.1, -0.05) is 35.4 Å². The van der Waals surface area contributed by atoms with Crippen LogP contribution in [0, 0.1) is 12.8 Å². The van der Waals surface area contributed by atoms with Crippen LogP contribution < -0.4 is 4.74 Å². The van der Waals surface area contributed by atoms with Gasteiger partial charge in [0.25, 0.3) is 0 Å². The first-order valence-corrected chi connectivity index (χ1v) is 7.77. The predicted octanol–water partition coefficient (Wildman–Crippen LogP) is 4.41. The van der Waals surface area contributed by atoms with Crippen molar-refractivity contribution >= 4 is 17.6 Å². The fourth-order valence-electron chi connectivity index (χ4n) is 2.38. The Hall–Kier alpha value is -2.20. The van der Waals surface area contributed by atoms with E-state index in [4.69, 9.17) is 21.1 Å². The van der Waals surface area contributed by atoms with Crippen LogP contribution in [0.4, 0.5) is 0 Å². The molecule has 1 aromatic carbocycles. The van der Waals surface area contributed by atoms with Gasteiger partial charge in [-0.15, -0.1) is 0 Å². The van der Waals surface area contributed by atoms with E-state index in [2.05, 4.69) is 0 Å². The van der Waals surface area contributed by atoms with Gasteiger partial charge in [0.15, 0.2) is 0 Å². The second-order valence-electron chi connectivity index (χ2n) is 5.21. The minimum Gasteiger partial charge on any atom is -0.493 e. The molecule has 0 saturated carbocycles. The number of hydrogen-bond donors (Lipinski definition) is 1. The van der Waals surface area contributed by atoms with Crippen molar-refractivity contribution in [3.05, 3.63) is 64.6 Å². The molecule has 0 aliphatic carbocycles. The van der Waals surface area contributed by atoms with Gasteiger partial charge in [0.1, 0.15) is 17.3 Å². The molecule has 4 nitrogen and oxygen atoms in total. The molecule has 23 heavy (non-hydrogen) atoms. The quantitative estimate of drug-likeness (QED) is 0.829. The fourth-order valence-corrected chi connectivity index (χ4v) is 2.48. The lowest BCUT2D eigenvalue weighted by Gasteiger charge is -2.25. The third-order valence-corrected chi connectivity index (χ3v) is 3.79. The number of benzene rings is 1. The Morgan fingerprint density at radius 3 is 2.65 bits per heavy atom. The van der Waals surface area contributed by atoms with Crippen LogP contribution in [0.25, 0.3) is 0 Å². The van der Waals surface area contributed by atoms with Crippen LogP contribution in [0.5, 0.6) is 5.75 Å². The topological polar surface area (TPSA) is 55.8 Å². The maximum atomic E-state index is 11.4. The van der Waals surface area contributed by atoms with Crippen molar-refractivity contribution in [1.82, 2.24) is 0 Å². The van der Waals surface area contributed by atoms with Crippen LogP contribution in [-0.2, 0) is 9.53 Å². The first-order chi connectivity index (χ1) is 11.0. The van der Waals surface area contributed by atoms with E-state index in [0.717, 1.165) is 5.56 Å². The average molecular weight is 335 g/mol. The molecule has 0 aromatic heterocycles. The molecular formula is C18H19ClO4. The number of rotatable bonds is 4. The third kappa shape index (κ3) is 4.39. The summed E-state index contributed by atoms with van der Waals surface area (Å²) in [5.74, 6) is 0.0761. The highest BCUT2D eigenvalue weighted by Crippen LogP contribution is 2.31. The Labute approximate surface area is 140 Å². The molecule has 0 bridgehead atoms. The lowest BCUT2D eigenvalue weighted by molar-refractivity contribution is -0.141. The van der Waals surface area contributed by atoms with Crippen molar-refractivity contribution in [2.45, 2.75) is 20.3 Å². The van der Waals surface area contributed by atoms with E-state index >= 15 is 0 Å². The number of carboxylic acids is 1. The molecule has 0 spiro atoms. The van der Waals surface area contributed by atoms with E-state index in [1.807, 2.05) is 31.2 Å². The second-order valence-corrected chi connectivity index (χ2v) is 5.43. The molecule has 0 amide bonds. The number of aryl methyl sites for hydroxylation is 1.